The predicted molar refractivity (Wildman–Crippen MR) is 118 cm³/mol. The van der Waals surface area contributed by atoms with Gasteiger partial charge in [-0.2, -0.15) is 0 Å². The lowest BCUT2D eigenvalue weighted by Gasteiger charge is -2.31. The summed E-state index contributed by atoms with van der Waals surface area (Å²) in [5.41, 5.74) is -0.331. The molecule has 11 heteroatoms. The summed E-state index contributed by atoms with van der Waals surface area (Å²) in [7, 11) is 0. The molecule has 176 valence electrons. The third-order valence-corrected chi connectivity index (χ3v) is 6.91. The van der Waals surface area contributed by atoms with E-state index in [-0.39, 0.29) is 36.3 Å². The molecule has 2 aromatic carbocycles. The van der Waals surface area contributed by atoms with Crippen molar-refractivity contribution in [2.45, 2.75) is 17.4 Å². The zero-order valence-corrected chi connectivity index (χ0v) is 18.7. The van der Waals surface area contributed by atoms with Gasteiger partial charge in [0.1, 0.15) is 11.6 Å². The topological polar surface area (TPSA) is 111 Å². The number of amides is 2. The first-order valence-corrected chi connectivity index (χ1v) is 11.0. The molecule has 2 aliphatic rings. The van der Waals surface area contributed by atoms with Crippen LogP contribution in [0.1, 0.15) is 17.0 Å². The molecule has 2 aliphatic heterocycles. The van der Waals surface area contributed by atoms with Gasteiger partial charge in [0.05, 0.1) is 21.5 Å². The number of aliphatic hydroxyl groups excluding tert-OH is 2. The van der Waals surface area contributed by atoms with Gasteiger partial charge in [-0.3, -0.25) is 9.59 Å². The highest BCUT2D eigenvalue weighted by Gasteiger charge is 2.60. The van der Waals surface area contributed by atoms with Crippen molar-refractivity contribution in [2.75, 3.05) is 31.6 Å². The molecule has 2 amide bonds. The number of anilines is 1. The number of benzene rings is 2. The summed E-state index contributed by atoms with van der Waals surface area (Å²) < 4.78 is 28.3. The standard InChI is InChI=1S/C22H21Cl2F2N3O4/c23-13-3-11(1-2-15(13)25)18-19(20(32)27-6-10(7-30)8-31)28-9-22(18)12-4-16(26)14(24)5-17(12)29-21(22)33/h1-5,10,18-19,28,30-31H,6-9H2,(H,27,32)(H,29,33)/t18-,19+,22+/m0/s1. The van der Waals surface area contributed by atoms with Gasteiger partial charge in [0, 0.05) is 43.8 Å². The molecule has 2 heterocycles. The van der Waals surface area contributed by atoms with Crippen molar-refractivity contribution in [1.29, 1.82) is 0 Å². The molecular weight excluding hydrogens is 479 g/mol. The molecule has 0 bridgehead atoms. The van der Waals surface area contributed by atoms with Crippen LogP contribution < -0.4 is 16.0 Å². The highest BCUT2D eigenvalue weighted by molar-refractivity contribution is 6.31. The Kier molecular flexibility index (Phi) is 6.61. The Morgan fingerprint density at radius 1 is 1.15 bits per heavy atom. The summed E-state index contributed by atoms with van der Waals surface area (Å²) in [5.74, 6) is -3.78. The van der Waals surface area contributed by atoms with Gasteiger partial charge >= 0.3 is 0 Å². The van der Waals surface area contributed by atoms with Crippen molar-refractivity contribution in [3.63, 3.8) is 0 Å². The van der Waals surface area contributed by atoms with E-state index >= 15 is 0 Å². The van der Waals surface area contributed by atoms with E-state index in [1.165, 1.54) is 24.3 Å². The number of halogens is 4. The first kappa shape index (κ1) is 23.8. The average Bonchev–Trinajstić information content (AvgIpc) is 3.31. The van der Waals surface area contributed by atoms with Crippen molar-refractivity contribution >= 4 is 40.7 Å². The van der Waals surface area contributed by atoms with Crippen LogP contribution in [0.4, 0.5) is 14.5 Å². The second-order valence-corrected chi connectivity index (χ2v) is 9.04. The molecule has 0 unspecified atom stereocenters. The summed E-state index contributed by atoms with van der Waals surface area (Å²) in [6.45, 7) is -0.660. The third kappa shape index (κ3) is 3.98. The SMILES string of the molecule is O=C(NCC(CO)CO)[C@@H]1NC[C@]2(C(=O)Nc3cc(Cl)c(F)cc32)[C@H]1c1ccc(F)c(Cl)c1. The van der Waals surface area contributed by atoms with Crippen molar-refractivity contribution < 1.29 is 28.6 Å². The van der Waals surface area contributed by atoms with Crippen LogP contribution in [0, 0.1) is 17.6 Å². The Bertz CT molecular complexity index is 1120. The maximum absolute atomic E-state index is 14.4. The fourth-order valence-electron chi connectivity index (χ4n) is 4.61. The van der Waals surface area contributed by atoms with Gasteiger partial charge in [-0.1, -0.05) is 29.3 Å². The van der Waals surface area contributed by atoms with Crippen LogP contribution in [0.3, 0.4) is 0 Å². The Morgan fingerprint density at radius 2 is 1.85 bits per heavy atom. The fourth-order valence-corrected chi connectivity index (χ4v) is 4.96. The van der Waals surface area contributed by atoms with E-state index in [1.807, 2.05) is 0 Å². The lowest BCUT2D eigenvalue weighted by Crippen LogP contribution is -2.47. The first-order valence-electron chi connectivity index (χ1n) is 10.2. The normalized spacial score (nSPS) is 23.8. The number of nitrogens with one attached hydrogen (secondary N) is 3. The van der Waals surface area contributed by atoms with Crippen LogP contribution in [-0.2, 0) is 15.0 Å². The molecule has 1 spiro atoms. The van der Waals surface area contributed by atoms with Crippen LogP contribution in [-0.4, -0.2) is 54.4 Å². The summed E-state index contributed by atoms with van der Waals surface area (Å²) in [4.78, 5) is 26.4. The molecule has 0 aromatic heterocycles. The van der Waals surface area contributed by atoms with Crippen LogP contribution in [0.15, 0.2) is 30.3 Å². The Labute approximate surface area is 198 Å². The highest BCUT2D eigenvalue weighted by atomic mass is 35.5. The Balaban J connectivity index is 1.80. The summed E-state index contributed by atoms with van der Waals surface area (Å²) in [6.07, 6.45) is 0. The molecule has 1 fully saturated rings. The van der Waals surface area contributed by atoms with Gasteiger partial charge in [-0.15, -0.1) is 0 Å². The molecule has 1 saturated heterocycles. The van der Waals surface area contributed by atoms with E-state index in [0.717, 1.165) is 6.07 Å². The van der Waals surface area contributed by atoms with Crippen molar-refractivity contribution in [3.05, 3.63) is 63.1 Å². The van der Waals surface area contributed by atoms with Gasteiger partial charge in [0.25, 0.3) is 0 Å². The molecule has 7 nitrogen and oxygen atoms in total. The molecular formula is C22H21Cl2F2N3O4. The van der Waals surface area contributed by atoms with Crippen molar-refractivity contribution in [2.24, 2.45) is 5.92 Å². The van der Waals surface area contributed by atoms with Gasteiger partial charge in [0.15, 0.2) is 0 Å². The van der Waals surface area contributed by atoms with Crippen molar-refractivity contribution in [1.82, 2.24) is 10.6 Å². The molecule has 0 saturated carbocycles. The van der Waals surface area contributed by atoms with Gasteiger partial charge in [-0.25, -0.2) is 8.78 Å². The summed E-state index contributed by atoms with van der Waals surface area (Å²) in [6, 6.07) is 5.43. The largest absolute Gasteiger partial charge is 0.396 e. The molecule has 4 rings (SSSR count). The van der Waals surface area contributed by atoms with Crippen LogP contribution >= 0.6 is 23.2 Å². The molecule has 5 N–H and O–H groups in total. The molecule has 33 heavy (non-hydrogen) atoms. The fraction of sp³-hybridized carbons (Fsp3) is 0.364. The number of hydrogen-bond donors (Lipinski definition) is 5. The second-order valence-electron chi connectivity index (χ2n) is 8.22. The van der Waals surface area contributed by atoms with Crippen molar-refractivity contribution in [3.8, 4) is 0 Å². The number of aliphatic hydroxyl groups is 2. The number of hydrogen-bond acceptors (Lipinski definition) is 5. The number of fused-ring (bicyclic) bond motifs is 2. The van der Waals surface area contributed by atoms with Crippen LogP contribution in [0.5, 0.6) is 0 Å². The maximum Gasteiger partial charge on any atom is 0.237 e. The minimum atomic E-state index is -1.39. The van der Waals surface area contributed by atoms with Crippen LogP contribution in [0.25, 0.3) is 0 Å². The van der Waals surface area contributed by atoms with E-state index in [1.54, 1.807) is 0 Å². The van der Waals surface area contributed by atoms with E-state index in [0.29, 0.717) is 16.8 Å². The minimum absolute atomic E-state index is 0.000919. The number of rotatable bonds is 6. The lowest BCUT2D eigenvalue weighted by atomic mass is 9.68. The van der Waals surface area contributed by atoms with E-state index < -0.39 is 46.7 Å². The lowest BCUT2D eigenvalue weighted by molar-refractivity contribution is -0.124. The molecule has 3 atom stereocenters. The molecule has 0 aliphatic carbocycles. The van der Waals surface area contributed by atoms with Gasteiger partial charge in [0.2, 0.25) is 11.8 Å². The van der Waals surface area contributed by atoms with Crippen LogP contribution in [0.2, 0.25) is 10.0 Å². The monoisotopic (exact) mass is 499 g/mol. The third-order valence-electron chi connectivity index (χ3n) is 6.33. The van der Waals surface area contributed by atoms with E-state index in [4.69, 9.17) is 23.2 Å². The predicted octanol–water partition coefficient (Wildman–Crippen LogP) is 1.93. The zero-order valence-electron chi connectivity index (χ0n) is 17.2. The highest BCUT2D eigenvalue weighted by Crippen LogP contribution is 2.52. The Morgan fingerprint density at radius 3 is 2.52 bits per heavy atom. The quantitative estimate of drug-likeness (QED) is 0.417. The minimum Gasteiger partial charge on any atom is -0.396 e. The van der Waals surface area contributed by atoms with Gasteiger partial charge < -0.3 is 26.2 Å². The zero-order chi connectivity index (χ0) is 23.9. The summed E-state index contributed by atoms with van der Waals surface area (Å²) >= 11 is 11.9. The molecule has 2 aromatic rings. The second kappa shape index (κ2) is 9.15. The van der Waals surface area contributed by atoms with E-state index in [9.17, 15) is 28.6 Å². The van der Waals surface area contributed by atoms with Gasteiger partial charge in [-0.05, 0) is 35.4 Å². The maximum atomic E-state index is 14.4. The summed E-state index contributed by atoms with van der Waals surface area (Å²) in [5, 5.41) is 26.6. The Hall–Kier alpha value is -2.30. The average molecular weight is 500 g/mol. The molecule has 0 radical (unpaired) electrons. The van der Waals surface area contributed by atoms with E-state index in [2.05, 4.69) is 16.0 Å². The smallest absolute Gasteiger partial charge is 0.237 e. The number of carbonyl (C=O) groups excluding carboxylic acids is 2. The number of carbonyl (C=O) groups is 2. The first-order chi connectivity index (χ1) is 15.7.